The molecule has 0 radical (unpaired) electrons. The number of hydrogen-bond acceptors (Lipinski definition) is 0. The van der Waals surface area contributed by atoms with Crippen molar-refractivity contribution in [1.29, 1.82) is 0 Å². The fraction of sp³-hybridized carbons (Fsp3) is 0.115. The molecule has 1 heterocycles. The van der Waals surface area contributed by atoms with Crippen molar-refractivity contribution in [2.45, 2.75) is 20.8 Å². The highest BCUT2D eigenvalue weighted by Crippen LogP contribution is 2.27. The molecule has 0 fully saturated rings. The van der Waals surface area contributed by atoms with E-state index in [0.29, 0.717) is 0 Å². The van der Waals surface area contributed by atoms with Crippen LogP contribution in [0.4, 0.5) is 0 Å². The molecule has 1 aromatic heterocycles. The molecule has 0 saturated heterocycles. The predicted octanol–water partition coefficient (Wildman–Crippen LogP) is 6.22. The SMILES string of the molecule is Cc1cccc(C)c1-[n+]1c(C)cc(-c2ccccc2)cc1-c1ccccc1. The summed E-state index contributed by atoms with van der Waals surface area (Å²) in [6.45, 7) is 6.58. The van der Waals surface area contributed by atoms with Crippen molar-refractivity contribution in [1.82, 2.24) is 0 Å². The first-order chi connectivity index (χ1) is 13.1. The maximum absolute atomic E-state index is 2.40. The lowest BCUT2D eigenvalue weighted by atomic mass is 10.00. The van der Waals surface area contributed by atoms with Gasteiger partial charge >= 0.3 is 0 Å². The van der Waals surface area contributed by atoms with Crippen molar-refractivity contribution in [3.05, 3.63) is 108 Å². The monoisotopic (exact) mass is 350 g/mol. The highest BCUT2D eigenvalue weighted by molar-refractivity contribution is 5.69. The van der Waals surface area contributed by atoms with Crippen LogP contribution in [0.15, 0.2) is 91.0 Å². The first kappa shape index (κ1) is 17.2. The molecule has 0 saturated carbocycles. The maximum atomic E-state index is 2.40. The average molecular weight is 350 g/mol. The van der Waals surface area contributed by atoms with Gasteiger partial charge in [-0.1, -0.05) is 66.7 Å². The topological polar surface area (TPSA) is 3.88 Å². The van der Waals surface area contributed by atoms with E-state index in [-0.39, 0.29) is 0 Å². The lowest BCUT2D eigenvalue weighted by Crippen LogP contribution is -2.38. The summed E-state index contributed by atoms with van der Waals surface area (Å²) in [6.07, 6.45) is 0. The summed E-state index contributed by atoms with van der Waals surface area (Å²) < 4.78 is 2.40. The van der Waals surface area contributed by atoms with E-state index in [2.05, 4.69) is 116 Å². The lowest BCUT2D eigenvalue weighted by Gasteiger charge is -2.13. The summed E-state index contributed by atoms with van der Waals surface area (Å²) in [4.78, 5) is 0. The minimum atomic E-state index is 1.21. The Morgan fingerprint density at radius 1 is 0.519 bits per heavy atom. The Hall–Kier alpha value is -3.19. The fourth-order valence-electron chi connectivity index (χ4n) is 3.81. The van der Waals surface area contributed by atoms with Gasteiger partial charge < -0.3 is 0 Å². The molecule has 0 N–H and O–H groups in total. The van der Waals surface area contributed by atoms with E-state index >= 15 is 0 Å². The Labute approximate surface area is 161 Å². The van der Waals surface area contributed by atoms with Crippen LogP contribution in [-0.4, -0.2) is 0 Å². The first-order valence-electron chi connectivity index (χ1n) is 9.39. The first-order valence-corrected chi connectivity index (χ1v) is 9.39. The van der Waals surface area contributed by atoms with Gasteiger partial charge in [-0.3, -0.25) is 0 Å². The summed E-state index contributed by atoms with van der Waals surface area (Å²) in [5.74, 6) is 0. The Morgan fingerprint density at radius 3 is 1.67 bits per heavy atom. The number of rotatable bonds is 3. The molecule has 0 atom stereocenters. The normalized spacial score (nSPS) is 10.8. The average Bonchev–Trinajstić information content (AvgIpc) is 2.70. The van der Waals surface area contributed by atoms with E-state index in [1.807, 2.05) is 0 Å². The molecule has 0 aliphatic rings. The van der Waals surface area contributed by atoms with Gasteiger partial charge in [-0.05, 0) is 37.1 Å². The van der Waals surface area contributed by atoms with Crippen molar-refractivity contribution in [2.75, 3.05) is 0 Å². The van der Waals surface area contributed by atoms with Crippen LogP contribution in [0.1, 0.15) is 16.8 Å². The van der Waals surface area contributed by atoms with E-state index in [1.165, 1.54) is 44.9 Å². The van der Waals surface area contributed by atoms with Crippen LogP contribution in [0.25, 0.3) is 28.1 Å². The lowest BCUT2D eigenvalue weighted by molar-refractivity contribution is -0.591. The van der Waals surface area contributed by atoms with Gasteiger partial charge in [-0.25, -0.2) is 0 Å². The van der Waals surface area contributed by atoms with Crippen LogP contribution >= 0.6 is 0 Å². The van der Waals surface area contributed by atoms with Crippen LogP contribution in [-0.2, 0) is 0 Å². The van der Waals surface area contributed by atoms with Gasteiger partial charge in [0.2, 0.25) is 11.4 Å². The largest absolute Gasteiger partial charge is 0.219 e. The van der Waals surface area contributed by atoms with Gasteiger partial charge in [-0.2, -0.15) is 4.57 Å². The standard InChI is InChI=1S/C26H24N/c1-19-11-10-12-20(2)26(19)27-21(3)17-24(22-13-6-4-7-14-22)18-25(27)23-15-8-5-9-16-23/h4-18H,1-3H3/q+1. The van der Waals surface area contributed by atoms with Gasteiger partial charge in [0.15, 0.2) is 5.69 Å². The van der Waals surface area contributed by atoms with E-state index in [4.69, 9.17) is 0 Å². The minimum absolute atomic E-state index is 1.21. The summed E-state index contributed by atoms with van der Waals surface area (Å²) in [7, 11) is 0. The summed E-state index contributed by atoms with van der Waals surface area (Å²) >= 11 is 0. The van der Waals surface area contributed by atoms with Crippen LogP contribution in [0.5, 0.6) is 0 Å². The van der Waals surface area contributed by atoms with Crippen LogP contribution in [0.2, 0.25) is 0 Å². The van der Waals surface area contributed by atoms with Gasteiger partial charge in [0.05, 0.1) is 0 Å². The quantitative estimate of drug-likeness (QED) is 0.386. The highest BCUT2D eigenvalue weighted by Gasteiger charge is 2.24. The van der Waals surface area contributed by atoms with Crippen LogP contribution in [0.3, 0.4) is 0 Å². The molecule has 0 amide bonds. The minimum Gasteiger partial charge on any atom is -0.157 e. The highest BCUT2D eigenvalue weighted by atomic mass is 15.0. The number of hydrogen-bond donors (Lipinski definition) is 0. The molecule has 0 spiro atoms. The number of aryl methyl sites for hydroxylation is 3. The van der Waals surface area contributed by atoms with Crippen molar-refractivity contribution in [3.63, 3.8) is 0 Å². The number of benzene rings is 3. The van der Waals surface area contributed by atoms with Gasteiger partial charge in [0.1, 0.15) is 0 Å². The molecule has 0 aliphatic carbocycles. The second-order valence-electron chi connectivity index (χ2n) is 7.08. The molecule has 3 aromatic carbocycles. The molecule has 0 aliphatic heterocycles. The molecule has 0 unspecified atom stereocenters. The Balaban J connectivity index is 2.04. The summed E-state index contributed by atoms with van der Waals surface area (Å²) in [6, 6.07) is 32.4. The van der Waals surface area contributed by atoms with Crippen LogP contribution < -0.4 is 4.57 Å². The van der Waals surface area contributed by atoms with Gasteiger partial charge in [-0.15, -0.1) is 0 Å². The fourth-order valence-corrected chi connectivity index (χ4v) is 3.81. The molecule has 4 aromatic rings. The number of para-hydroxylation sites is 1. The van der Waals surface area contributed by atoms with Crippen molar-refractivity contribution < 1.29 is 4.57 Å². The molecule has 1 nitrogen and oxygen atoms in total. The maximum Gasteiger partial charge on any atom is 0.219 e. The Kier molecular flexibility index (Phi) is 4.60. The van der Waals surface area contributed by atoms with Crippen molar-refractivity contribution in [3.8, 4) is 28.1 Å². The molecular formula is C26H24N+. The number of nitrogens with zero attached hydrogens (tertiary/aromatic N) is 1. The zero-order valence-corrected chi connectivity index (χ0v) is 16.1. The Morgan fingerprint density at radius 2 is 1.07 bits per heavy atom. The zero-order valence-electron chi connectivity index (χ0n) is 16.1. The second-order valence-corrected chi connectivity index (χ2v) is 7.08. The number of aromatic nitrogens is 1. The van der Waals surface area contributed by atoms with Crippen LogP contribution in [0, 0.1) is 20.8 Å². The summed E-state index contributed by atoms with van der Waals surface area (Å²) in [5, 5.41) is 0. The van der Waals surface area contributed by atoms with E-state index in [0.717, 1.165) is 0 Å². The van der Waals surface area contributed by atoms with Gasteiger partial charge in [0, 0.05) is 35.7 Å². The van der Waals surface area contributed by atoms with Crippen molar-refractivity contribution >= 4 is 0 Å². The van der Waals surface area contributed by atoms with E-state index in [9.17, 15) is 0 Å². The second kappa shape index (κ2) is 7.20. The van der Waals surface area contributed by atoms with E-state index < -0.39 is 0 Å². The summed E-state index contributed by atoms with van der Waals surface area (Å²) in [5.41, 5.74) is 10.00. The third kappa shape index (κ3) is 3.29. The molecule has 4 rings (SSSR count). The number of pyridine rings is 1. The Bertz CT molecular complexity index is 1060. The zero-order chi connectivity index (χ0) is 18.8. The molecule has 0 bridgehead atoms. The third-order valence-corrected chi connectivity index (χ3v) is 5.09. The molecule has 1 heteroatoms. The van der Waals surface area contributed by atoms with E-state index in [1.54, 1.807) is 0 Å². The predicted molar refractivity (Wildman–Crippen MR) is 113 cm³/mol. The smallest absolute Gasteiger partial charge is 0.157 e. The molecule has 27 heavy (non-hydrogen) atoms. The molecule has 132 valence electrons. The third-order valence-electron chi connectivity index (χ3n) is 5.09. The van der Waals surface area contributed by atoms with Gasteiger partial charge in [0.25, 0.3) is 0 Å². The molecular weight excluding hydrogens is 326 g/mol. The van der Waals surface area contributed by atoms with Crippen molar-refractivity contribution in [2.24, 2.45) is 0 Å².